The number of rotatable bonds is 4. The van der Waals surface area contributed by atoms with Crippen molar-refractivity contribution in [2.75, 3.05) is 6.54 Å². The molecule has 0 aliphatic carbocycles. The Balaban J connectivity index is 2.10. The molecule has 5 heteroatoms. The van der Waals surface area contributed by atoms with Gasteiger partial charge in [-0.1, -0.05) is 30.3 Å². The maximum atomic E-state index is 11.1. The van der Waals surface area contributed by atoms with Crippen molar-refractivity contribution in [1.29, 1.82) is 0 Å². The van der Waals surface area contributed by atoms with Crippen molar-refractivity contribution < 1.29 is 19.8 Å². The van der Waals surface area contributed by atoms with Crippen LogP contribution >= 0.6 is 0 Å². The van der Waals surface area contributed by atoms with Crippen molar-refractivity contribution >= 4 is 11.9 Å². The average Bonchev–Trinajstić information content (AvgIpc) is 2.74. The summed E-state index contributed by atoms with van der Waals surface area (Å²) in [5.41, 5.74) is 0.995. The number of nitrogens with zero attached hydrogens (tertiary/aromatic N) is 1. The molecule has 2 atom stereocenters. The Hall–Kier alpha value is -1.88. The second-order valence-corrected chi connectivity index (χ2v) is 4.54. The lowest BCUT2D eigenvalue weighted by atomic mass is 10.1. The summed E-state index contributed by atoms with van der Waals surface area (Å²) in [5.74, 6) is -2.46. The summed E-state index contributed by atoms with van der Waals surface area (Å²) >= 11 is 0. The average molecular weight is 249 g/mol. The van der Waals surface area contributed by atoms with E-state index in [4.69, 9.17) is 10.2 Å². The second kappa shape index (κ2) is 5.18. The lowest BCUT2D eigenvalue weighted by Crippen LogP contribution is -2.35. The number of carbonyl (C=O) groups is 2. The SMILES string of the molecule is O=C(O)[C@@H]1C[C@@H](C(=O)O)N(Cc2ccccc2)C1. The summed E-state index contributed by atoms with van der Waals surface area (Å²) in [7, 11) is 0. The fourth-order valence-corrected chi connectivity index (χ4v) is 2.33. The molecule has 18 heavy (non-hydrogen) atoms. The third kappa shape index (κ3) is 2.68. The zero-order chi connectivity index (χ0) is 13.1. The first-order valence-corrected chi connectivity index (χ1v) is 5.81. The van der Waals surface area contributed by atoms with Crippen molar-refractivity contribution in [3.63, 3.8) is 0 Å². The van der Waals surface area contributed by atoms with E-state index in [0.29, 0.717) is 13.1 Å². The second-order valence-electron chi connectivity index (χ2n) is 4.54. The summed E-state index contributed by atoms with van der Waals surface area (Å²) in [6.07, 6.45) is 0.178. The molecular formula is C13H15NO4. The van der Waals surface area contributed by atoms with E-state index >= 15 is 0 Å². The highest BCUT2D eigenvalue weighted by atomic mass is 16.4. The largest absolute Gasteiger partial charge is 0.481 e. The number of carboxylic acid groups (broad SMARTS) is 2. The van der Waals surface area contributed by atoms with Crippen LogP contribution in [0.1, 0.15) is 12.0 Å². The summed E-state index contributed by atoms with van der Waals surface area (Å²) in [5, 5.41) is 18.1. The molecule has 0 spiro atoms. The molecule has 0 radical (unpaired) electrons. The molecule has 0 bridgehead atoms. The summed E-state index contributed by atoms with van der Waals surface area (Å²) in [4.78, 5) is 23.8. The van der Waals surface area contributed by atoms with Gasteiger partial charge >= 0.3 is 11.9 Å². The minimum atomic E-state index is -0.949. The first kappa shape index (κ1) is 12.6. The smallest absolute Gasteiger partial charge is 0.320 e. The normalized spacial score (nSPS) is 24.0. The number of hydrogen-bond acceptors (Lipinski definition) is 3. The monoisotopic (exact) mass is 249 g/mol. The topological polar surface area (TPSA) is 77.8 Å². The third-order valence-electron chi connectivity index (χ3n) is 3.27. The fraction of sp³-hybridized carbons (Fsp3) is 0.385. The van der Waals surface area contributed by atoms with Crippen molar-refractivity contribution in [2.45, 2.75) is 19.0 Å². The summed E-state index contributed by atoms with van der Waals surface area (Å²) < 4.78 is 0. The Bertz CT molecular complexity index is 446. The van der Waals surface area contributed by atoms with Crippen LogP contribution in [0.15, 0.2) is 30.3 Å². The first-order chi connectivity index (χ1) is 8.58. The lowest BCUT2D eigenvalue weighted by molar-refractivity contribution is -0.142. The summed E-state index contributed by atoms with van der Waals surface area (Å²) in [6.45, 7) is 0.767. The van der Waals surface area contributed by atoms with Gasteiger partial charge in [0.2, 0.25) is 0 Å². The molecule has 2 rings (SSSR count). The number of hydrogen-bond donors (Lipinski definition) is 2. The van der Waals surface area contributed by atoms with Crippen LogP contribution in [0, 0.1) is 5.92 Å². The molecular weight excluding hydrogens is 234 g/mol. The molecule has 0 amide bonds. The number of likely N-dealkylation sites (tertiary alicyclic amines) is 1. The zero-order valence-corrected chi connectivity index (χ0v) is 9.82. The van der Waals surface area contributed by atoms with Crippen LogP contribution in [0.4, 0.5) is 0 Å². The van der Waals surface area contributed by atoms with E-state index in [1.54, 1.807) is 4.90 Å². The van der Waals surface area contributed by atoms with Crippen molar-refractivity contribution in [3.05, 3.63) is 35.9 Å². The third-order valence-corrected chi connectivity index (χ3v) is 3.27. The van der Waals surface area contributed by atoms with Gasteiger partial charge in [0.15, 0.2) is 0 Å². The fourth-order valence-electron chi connectivity index (χ4n) is 2.33. The van der Waals surface area contributed by atoms with Crippen LogP contribution in [-0.4, -0.2) is 39.6 Å². The van der Waals surface area contributed by atoms with Crippen LogP contribution in [0.5, 0.6) is 0 Å². The highest BCUT2D eigenvalue weighted by Gasteiger charge is 2.39. The van der Waals surface area contributed by atoms with Gasteiger partial charge in [-0.3, -0.25) is 14.5 Å². The van der Waals surface area contributed by atoms with Gasteiger partial charge in [-0.2, -0.15) is 0 Å². The van der Waals surface area contributed by atoms with Gasteiger partial charge in [-0.05, 0) is 12.0 Å². The van der Waals surface area contributed by atoms with Crippen molar-refractivity contribution in [1.82, 2.24) is 4.90 Å². The minimum absolute atomic E-state index is 0.178. The van der Waals surface area contributed by atoms with E-state index < -0.39 is 23.9 Å². The molecule has 1 aromatic carbocycles. The zero-order valence-electron chi connectivity index (χ0n) is 9.82. The molecule has 1 fully saturated rings. The van der Waals surface area contributed by atoms with Crippen molar-refractivity contribution in [2.24, 2.45) is 5.92 Å². The molecule has 1 aliphatic heterocycles. The van der Waals surface area contributed by atoms with E-state index in [1.807, 2.05) is 30.3 Å². The molecule has 1 aliphatic rings. The molecule has 1 saturated heterocycles. The van der Waals surface area contributed by atoms with Gasteiger partial charge in [0.25, 0.3) is 0 Å². The molecule has 5 nitrogen and oxygen atoms in total. The van der Waals surface area contributed by atoms with E-state index in [2.05, 4.69) is 0 Å². The van der Waals surface area contributed by atoms with E-state index in [0.717, 1.165) is 5.56 Å². The van der Waals surface area contributed by atoms with Crippen LogP contribution < -0.4 is 0 Å². The van der Waals surface area contributed by atoms with Gasteiger partial charge in [0.05, 0.1) is 5.92 Å². The van der Waals surface area contributed by atoms with Crippen LogP contribution in [0.2, 0.25) is 0 Å². The van der Waals surface area contributed by atoms with E-state index in [9.17, 15) is 9.59 Å². The Morgan fingerprint density at radius 1 is 1.17 bits per heavy atom. The predicted molar refractivity (Wildman–Crippen MR) is 64.0 cm³/mol. The quantitative estimate of drug-likeness (QED) is 0.833. The maximum absolute atomic E-state index is 11.1. The molecule has 0 saturated carbocycles. The minimum Gasteiger partial charge on any atom is -0.481 e. The predicted octanol–water partition coefficient (Wildman–Crippen LogP) is 1.05. The Morgan fingerprint density at radius 3 is 2.39 bits per heavy atom. The molecule has 2 N–H and O–H groups in total. The summed E-state index contributed by atoms with van der Waals surface area (Å²) in [6, 6.07) is 8.78. The first-order valence-electron chi connectivity index (χ1n) is 5.81. The van der Waals surface area contributed by atoms with Crippen molar-refractivity contribution in [3.8, 4) is 0 Å². The highest BCUT2D eigenvalue weighted by Crippen LogP contribution is 2.25. The molecule has 1 heterocycles. The van der Waals surface area contributed by atoms with Crippen LogP contribution in [0.3, 0.4) is 0 Å². The molecule has 0 aromatic heterocycles. The Morgan fingerprint density at radius 2 is 1.83 bits per heavy atom. The maximum Gasteiger partial charge on any atom is 0.320 e. The number of benzene rings is 1. The van der Waals surface area contributed by atoms with Gasteiger partial charge in [-0.25, -0.2) is 0 Å². The van der Waals surface area contributed by atoms with Gasteiger partial charge in [-0.15, -0.1) is 0 Å². The Labute approximate surface area is 105 Å². The van der Waals surface area contributed by atoms with Gasteiger partial charge in [0, 0.05) is 13.1 Å². The van der Waals surface area contributed by atoms with Gasteiger partial charge < -0.3 is 10.2 Å². The molecule has 0 unspecified atom stereocenters. The number of carboxylic acids is 2. The molecule has 96 valence electrons. The Kier molecular flexibility index (Phi) is 3.62. The van der Waals surface area contributed by atoms with Crippen LogP contribution in [-0.2, 0) is 16.1 Å². The standard InChI is InChI=1S/C13H15NO4/c15-12(16)10-6-11(13(17)18)14(8-10)7-9-4-2-1-3-5-9/h1-5,10-11H,6-8H2,(H,15,16)(H,17,18)/t10-,11+/m1/s1. The van der Waals surface area contributed by atoms with E-state index in [1.165, 1.54) is 0 Å². The lowest BCUT2D eigenvalue weighted by Gasteiger charge is -2.20. The van der Waals surface area contributed by atoms with Crippen LogP contribution in [0.25, 0.3) is 0 Å². The number of aliphatic carboxylic acids is 2. The van der Waals surface area contributed by atoms with Gasteiger partial charge in [0.1, 0.15) is 6.04 Å². The highest BCUT2D eigenvalue weighted by molar-refractivity contribution is 5.77. The van der Waals surface area contributed by atoms with E-state index in [-0.39, 0.29) is 6.42 Å². The molecule has 1 aromatic rings.